The lowest BCUT2D eigenvalue weighted by Gasteiger charge is -2.20. The van der Waals surface area contributed by atoms with E-state index in [0.29, 0.717) is 13.2 Å². The fourth-order valence-corrected chi connectivity index (χ4v) is 3.96. The molecule has 0 bridgehead atoms. The van der Waals surface area contributed by atoms with Crippen LogP contribution in [-0.4, -0.2) is 62.6 Å². The largest absolute Gasteiger partial charge is 0.494 e. The van der Waals surface area contributed by atoms with Gasteiger partial charge in [0.2, 0.25) is 0 Å². The number of hydrogen-bond donors (Lipinski definition) is 2. The quantitative estimate of drug-likeness (QED) is 0.490. The van der Waals surface area contributed by atoms with Crippen LogP contribution >= 0.6 is 0 Å². The number of aryl methyl sites for hydroxylation is 1. The van der Waals surface area contributed by atoms with Crippen molar-refractivity contribution < 1.29 is 4.74 Å². The minimum absolute atomic E-state index is 0.661. The van der Waals surface area contributed by atoms with Gasteiger partial charge in [-0.3, -0.25) is 9.89 Å². The van der Waals surface area contributed by atoms with Gasteiger partial charge in [-0.1, -0.05) is 36.4 Å². The number of nitrogens with one attached hydrogen (secondary N) is 2. The highest BCUT2D eigenvalue weighted by atomic mass is 16.5. The number of rotatable bonds is 8. The Balaban J connectivity index is 1.48. The van der Waals surface area contributed by atoms with Crippen molar-refractivity contribution in [2.24, 2.45) is 4.99 Å². The van der Waals surface area contributed by atoms with E-state index in [9.17, 15) is 0 Å². The molecule has 1 heterocycles. The summed E-state index contributed by atoms with van der Waals surface area (Å²) in [6.07, 6.45) is 1.25. The lowest BCUT2D eigenvalue weighted by molar-refractivity contribution is 0.269. The highest BCUT2D eigenvalue weighted by molar-refractivity contribution is 5.79. The molecular formula is C26H39N5O. The molecule has 3 rings (SSSR count). The lowest BCUT2D eigenvalue weighted by atomic mass is 10.1. The highest BCUT2D eigenvalue weighted by Crippen LogP contribution is 2.20. The summed E-state index contributed by atoms with van der Waals surface area (Å²) in [5.41, 5.74) is 4.96. The number of guanidine groups is 1. The number of hydrogen-bond acceptors (Lipinski definition) is 4. The topological polar surface area (TPSA) is 52.1 Å². The number of aliphatic imine (C=N–C) groups is 1. The zero-order valence-electron chi connectivity index (χ0n) is 20.2. The van der Waals surface area contributed by atoms with Gasteiger partial charge in [-0.15, -0.1) is 0 Å². The zero-order valence-corrected chi connectivity index (χ0v) is 20.2. The van der Waals surface area contributed by atoms with Crippen LogP contribution in [0.15, 0.2) is 47.5 Å². The molecule has 0 unspecified atom stereocenters. The molecular weight excluding hydrogens is 398 g/mol. The first kappa shape index (κ1) is 24.1. The Hall–Kier alpha value is -2.57. The van der Waals surface area contributed by atoms with E-state index in [1.54, 1.807) is 7.05 Å². The van der Waals surface area contributed by atoms with Gasteiger partial charge in [0.1, 0.15) is 5.75 Å². The summed E-state index contributed by atoms with van der Waals surface area (Å²) >= 11 is 0. The van der Waals surface area contributed by atoms with Crippen molar-refractivity contribution in [2.45, 2.75) is 39.9 Å². The molecule has 1 saturated heterocycles. The van der Waals surface area contributed by atoms with Crippen LogP contribution in [0.2, 0.25) is 0 Å². The van der Waals surface area contributed by atoms with Crippen LogP contribution < -0.4 is 15.4 Å². The molecule has 2 aromatic rings. The number of benzene rings is 2. The Morgan fingerprint density at radius 3 is 2.47 bits per heavy atom. The Morgan fingerprint density at radius 2 is 1.72 bits per heavy atom. The molecule has 0 amide bonds. The van der Waals surface area contributed by atoms with Crippen molar-refractivity contribution >= 4 is 5.96 Å². The monoisotopic (exact) mass is 437 g/mol. The van der Waals surface area contributed by atoms with Crippen molar-refractivity contribution in [2.75, 3.05) is 46.9 Å². The summed E-state index contributed by atoms with van der Waals surface area (Å²) in [6, 6.07) is 15.2. The molecule has 0 aliphatic carbocycles. The van der Waals surface area contributed by atoms with Gasteiger partial charge in [0.15, 0.2) is 5.96 Å². The normalized spacial score (nSPS) is 15.9. The molecule has 174 valence electrons. The van der Waals surface area contributed by atoms with Crippen molar-refractivity contribution in [3.05, 3.63) is 64.7 Å². The summed E-state index contributed by atoms with van der Waals surface area (Å²) in [5, 5.41) is 6.81. The number of likely N-dealkylation sites (N-methyl/N-ethyl adjacent to an activating group) is 1. The SMILES string of the molecule is CCOc1cc(C)ccc1CNC(=NC)NCc1ccc(CN2CCCN(C)CC2)cc1. The summed E-state index contributed by atoms with van der Waals surface area (Å²) < 4.78 is 5.78. The van der Waals surface area contributed by atoms with Gasteiger partial charge in [-0.05, 0) is 63.2 Å². The molecule has 1 aliphatic rings. The third-order valence-corrected chi connectivity index (χ3v) is 5.89. The van der Waals surface area contributed by atoms with Gasteiger partial charge >= 0.3 is 0 Å². The van der Waals surface area contributed by atoms with Crippen LogP contribution in [0.3, 0.4) is 0 Å². The third kappa shape index (κ3) is 7.53. The molecule has 0 spiro atoms. The molecule has 0 saturated carbocycles. The maximum Gasteiger partial charge on any atom is 0.191 e. The van der Waals surface area contributed by atoms with E-state index in [1.165, 1.54) is 36.2 Å². The molecule has 6 heteroatoms. The van der Waals surface area contributed by atoms with Crippen LogP contribution in [0.5, 0.6) is 5.75 Å². The van der Waals surface area contributed by atoms with Gasteiger partial charge < -0.3 is 20.3 Å². The summed E-state index contributed by atoms with van der Waals surface area (Å²) in [6.45, 7) is 11.9. The van der Waals surface area contributed by atoms with Crippen LogP contribution in [-0.2, 0) is 19.6 Å². The summed E-state index contributed by atoms with van der Waals surface area (Å²) in [7, 11) is 4.02. The minimum atomic E-state index is 0.661. The third-order valence-electron chi connectivity index (χ3n) is 5.89. The molecule has 2 N–H and O–H groups in total. The maximum absolute atomic E-state index is 5.78. The predicted octanol–water partition coefficient (Wildman–Crippen LogP) is 3.40. The van der Waals surface area contributed by atoms with E-state index < -0.39 is 0 Å². The minimum Gasteiger partial charge on any atom is -0.494 e. The first-order valence-corrected chi connectivity index (χ1v) is 11.7. The van der Waals surface area contributed by atoms with E-state index in [1.807, 2.05) is 6.92 Å². The standard InChI is InChI=1S/C26H39N5O/c1-5-32-25-17-21(2)7-12-24(25)19-29-26(27-3)28-18-22-8-10-23(11-9-22)20-31-14-6-13-30(4)15-16-31/h7-12,17H,5-6,13-16,18-20H2,1-4H3,(H2,27,28,29). The Morgan fingerprint density at radius 1 is 0.969 bits per heavy atom. The molecule has 32 heavy (non-hydrogen) atoms. The summed E-state index contributed by atoms with van der Waals surface area (Å²) in [4.78, 5) is 9.35. The van der Waals surface area contributed by atoms with E-state index in [2.05, 4.69) is 81.9 Å². The van der Waals surface area contributed by atoms with E-state index in [-0.39, 0.29) is 0 Å². The predicted molar refractivity (Wildman–Crippen MR) is 133 cm³/mol. The van der Waals surface area contributed by atoms with E-state index in [0.717, 1.165) is 43.5 Å². The lowest BCUT2D eigenvalue weighted by Crippen LogP contribution is -2.36. The van der Waals surface area contributed by atoms with Crippen LogP contribution in [0, 0.1) is 6.92 Å². The Labute approximate surface area is 193 Å². The fraction of sp³-hybridized carbons (Fsp3) is 0.500. The van der Waals surface area contributed by atoms with Crippen molar-refractivity contribution in [3.8, 4) is 5.75 Å². The maximum atomic E-state index is 5.78. The Kier molecular flexibility index (Phi) is 9.38. The van der Waals surface area contributed by atoms with Gasteiger partial charge in [0.25, 0.3) is 0 Å². The highest BCUT2D eigenvalue weighted by Gasteiger charge is 2.12. The molecule has 0 atom stereocenters. The van der Waals surface area contributed by atoms with Crippen LogP contribution in [0.25, 0.3) is 0 Å². The fourth-order valence-electron chi connectivity index (χ4n) is 3.96. The van der Waals surface area contributed by atoms with Crippen LogP contribution in [0.1, 0.15) is 35.6 Å². The second-order valence-corrected chi connectivity index (χ2v) is 8.57. The van der Waals surface area contributed by atoms with Crippen LogP contribution in [0.4, 0.5) is 0 Å². The second kappa shape index (κ2) is 12.5. The second-order valence-electron chi connectivity index (χ2n) is 8.57. The smallest absolute Gasteiger partial charge is 0.191 e. The average molecular weight is 438 g/mol. The molecule has 2 aromatic carbocycles. The molecule has 0 radical (unpaired) electrons. The van der Waals surface area contributed by atoms with Gasteiger partial charge in [0.05, 0.1) is 6.61 Å². The first-order valence-electron chi connectivity index (χ1n) is 11.7. The molecule has 1 aliphatic heterocycles. The molecule has 1 fully saturated rings. The number of nitrogens with zero attached hydrogens (tertiary/aromatic N) is 3. The average Bonchev–Trinajstić information content (AvgIpc) is 3.00. The summed E-state index contributed by atoms with van der Waals surface area (Å²) in [5.74, 6) is 1.72. The van der Waals surface area contributed by atoms with E-state index >= 15 is 0 Å². The van der Waals surface area contributed by atoms with E-state index in [4.69, 9.17) is 4.74 Å². The first-order chi connectivity index (χ1) is 15.6. The van der Waals surface area contributed by atoms with Crippen molar-refractivity contribution in [1.82, 2.24) is 20.4 Å². The Bertz CT molecular complexity index is 865. The molecule has 6 nitrogen and oxygen atoms in total. The van der Waals surface area contributed by atoms with Gasteiger partial charge in [-0.2, -0.15) is 0 Å². The van der Waals surface area contributed by atoms with Gasteiger partial charge in [-0.25, -0.2) is 0 Å². The van der Waals surface area contributed by atoms with Gasteiger partial charge in [0, 0.05) is 45.3 Å². The van der Waals surface area contributed by atoms with Crippen molar-refractivity contribution in [3.63, 3.8) is 0 Å². The molecule has 0 aromatic heterocycles. The van der Waals surface area contributed by atoms with Crippen molar-refractivity contribution in [1.29, 1.82) is 0 Å². The number of ether oxygens (including phenoxy) is 1. The zero-order chi connectivity index (χ0) is 22.8.